The van der Waals surface area contributed by atoms with Gasteiger partial charge < -0.3 is 24.8 Å². The van der Waals surface area contributed by atoms with Crippen LogP contribution in [-0.2, 0) is 9.59 Å². The molecule has 2 amide bonds. The molecule has 1 aromatic carbocycles. The van der Waals surface area contributed by atoms with Crippen LogP contribution in [-0.4, -0.2) is 55.1 Å². The van der Waals surface area contributed by atoms with Gasteiger partial charge in [0, 0.05) is 25.6 Å². The van der Waals surface area contributed by atoms with Crippen LogP contribution in [0.4, 0.5) is 5.69 Å². The average molecular weight is 392 g/mol. The topological polar surface area (TPSA) is 105 Å². The summed E-state index contributed by atoms with van der Waals surface area (Å²) in [6.07, 6.45) is 1.77. The molecule has 0 spiro atoms. The molecule has 1 aliphatic heterocycles. The van der Waals surface area contributed by atoms with Crippen LogP contribution in [0, 0.1) is 5.41 Å². The van der Waals surface area contributed by atoms with Crippen molar-refractivity contribution in [3.8, 4) is 11.5 Å². The molecule has 0 atom stereocenters. The molecule has 1 saturated heterocycles. The molecule has 8 heteroatoms. The Balaban J connectivity index is 2.31. The van der Waals surface area contributed by atoms with E-state index in [4.69, 9.17) is 14.6 Å². The van der Waals surface area contributed by atoms with Crippen molar-refractivity contribution in [2.24, 2.45) is 5.41 Å². The Bertz CT molecular complexity index is 753. The van der Waals surface area contributed by atoms with Gasteiger partial charge >= 0.3 is 5.97 Å². The van der Waals surface area contributed by atoms with E-state index in [2.05, 4.69) is 5.32 Å². The summed E-state index contributed by atoms with van der Waals surface area (Å²) in [6, 6.07) is 3.13. The van der Waals surface area contributed by atoms with Crippen LogP contribution >= 0.6 is 0 Å². The molecule has 2 N–H and O–H groups in total. The van der Waals surface area contributed by atoms with Gasteiger partial charge in [-0.3, -0.25) is 14.4 Å². The number of nitrogens with zero attached hydrogens (tertiary/aromatic N) is 1. The Morgan fingerprint density at radius 2 is 1.64 bits per heavy atom. The highest BCUT2D eigenvalue weighted by Gasteiger charge is 2.28. The minimum Gasteiger partial charge on any atom is -0.493 e. The van der Waals surface area contributed by atoms with Crippen LogP contribution in [0.15, 0.2) is 12.1 Å². The first kappa shape index (κ1) is 21.5. The average Bonchev–Trinajstić information content (AvgIpc) is 3.13. The number of methoxy groups -OCH3 is 2. The first-order valence-electron chi connectivity index (χ1n) is 9.24. The van der Waals surface area contributed by atoms with Crippen molar-refractivity contribution < 1.29 is 29.0 Å². The van der Waals surface area contributed by atoms with Crippen molar-refractivity contribution >= 4 is 23.5 Å². The molecular weight excluding hydrogens is 364 g/mol. The zero-order valence-corrected chi connectivity index (χ0v) is 16.8. The zero-order chi connectivity index (χ0) is 20.9. The second-order valence-corrected chi connectivity index (χ2v) is 7.71. The van der Waals surface area contributed by atoms with Crippen molar-refractivity contribution in [2.45, 2.75) is 39.5 Å². The molecular formula is C20H28N2O6. The summed E-state index contributed by atoms with van der Waals surface area (Å²) in [5, 5.41) is 11.8. The van der Waals surface area contributed by atoms with E-state index in [9.17, 15) is 14.4 Å². The van der Waals surface area contributed by atoms with Crippen LogP contribution in [0.25, 0.3) is 0 Å². The molecule has 8 nitrogen and oxygen atoms in total. The maximum Gasteiger partial charge on any atom is 0.303 e. The number of benzene rings is 1. The summed E-state index contributed by atoms with van der Waals surface area (Å²) >= 11 is 0. The highest BCUT2D eigenvalue weighted by Crippen LogP contribution is 2.35. The van der Waals surface area contributed by atoms with E-state index >= 15 is 0 Å². The van der Waals surface area contributed by atoms with E-state index < -0.39 is 11.4 Å². The van der Waals surface area contributed by atoms with Gasteiger partial charge in [-0.05, 0) is 24.3 Å². The predicted molar refractivity (Wildman–Crippen MR) is 104 cm³/mol. The van der Waals surface area contributed by atoms with Crippen LogP contribution in [0.1, 0.15) is 49.9 Å². The molecule has 0 aliphatic carbocycles. The Hall–Kier alpha value is -2.77. The third kappa shape index (κ3) is 5.37. The maximum absolute atomic E-state index is 12.9. The highest BCUT2D eigenvalue weighted by molar-refractivity contribution is 6.04. The number of carboxylic acid groups (broad SMARTS) is 1. The molecule has 0 aromatic heterocycles. The Kier molecular flexibility index (Phi) is 6.88. The molecule has 1 heterocycles. The Morgan fingerprint density at radius 1 is 1.07 bits per heavy atom. The molecule has 0 bridgehead atoms. The van der Waals surface area contributed by atoms with Gasteiger partial charge in [0.15, 0.2) is 11.5 Å². The molecule has 0 saturated carbocycles. The summed E-state index contributed by atoms with van der Waals surface area (Å²) in [5.74, 6) is -0.726. The van der Waals surface area contributed by atoms with Gasteiger partial charge in [-0.15, -0.1) is 0 Å². The summed E-state index contributed by atoms with van der Waals surface area (Å²) < 4.78 is 10.6. The number of hydrogen-bond acceptors (Lipinski definition) is 5. The largest absolute Gasteiger partial charge is 0.493 e. The van der Waals surface area contributed by atoms with Crippen LogP contribution < -0.4 is 14.8 Å². The fourth-order valence-corrected chi connectivity index (χ4v) is 3.35. The molecule has 28 heavy (non-hydrogen) atoms. The lowest BCUT2D eigenvalue weighted by Gasteiger charge is -2.23. The summed E-state index contributed by atoms with van der Waals surface area (Å²) in [6.45, 7) is 4.77. The SMILES string of the molecule is COc1cc(NC(=O)CC(C)(C)CC(=O)O)c(C(=O)N2CCCC2)cc1OC. The number of carbonyl (C=O) groups is 3. The van der Waals surface area contributed by atoms with Crippen molar-refractivity contribution in [2.75, 3.05) is 32.6 Å². The molecule has 154 valence electrons. The quantitative estimate of drug-likeness (QED) is 0.705. The number of nitrogens with one attached hydrogen (secondary N) is 1. The van der Waals surface area contributed by atoms with Crippen molar-refractivity contribution in [3.63, 3.8) is 0 Å². The summed E-state index contributed by atoms with van der Waals surface area (Å²) in [5.41, 5.74) is -0.0689. The number of carbonyl (C=O) groups excluding carboxylic acids is 2. The first-order valence-corrected chi connectivity index (χ1v) is 9.24. The first-order chi connectivity index (χ1) is 13.2. The van der Waals surface area contributed by atoms with E-state index in [1.165, 1.54) is 14.2 Å². The molecule has 1 fully saturated rings. The lowest BCUT2D eigenvalue weighted by atomic mass is 9.85. The van der Waals surface area contributed by atoms with Crippen LogP contribution in [0.5, 0.6) is 11.5 Å². The number of rotatable bonds is 8. The third-order valence-corrected chi connectivity index (χ3v) is 4.69. The normalized spacial score (nSPS) is 13.9. The Labute approximate surface area is 164 Å². The lowest BCUT2D eigenvalue weighted by Crippen LogP contribution is -2.30. The van der Waals surface area contributed by atoms with E-state index in [-0.39, 0.29) is 24.7 Å². The van der Waals surface area contributed by atoms with Gasteiger partial charge in [-0.25, -0.2) is 0 Å². The van der Waals surface area contributed by atoms with Crippen molar-refractivity contribution in [1.82, 2.24) is 4.90 Å². The minimum absolute atomic E-state index is 0.00495. The number of ether oxygens (including phenoxy) is 2. The van der Waals surface area contributed by atoms with Gasteiger partial charge in [0.05, 0.1) is 31.9 Å². The molecule has 2 rings (SSSR count). The van der Waals surface area contributed by atoms with Crippen molar-refractivity contribution in [3.05, 3.63) is 17.7 Å². The lowest BCUT2D eigenvalue weighted by molar-refractivity contribution is -0.139. The number of aliphatic carboxylic acids is 1. The van der Waals surface area contributed by atoms with Crippen molar-refractivity contribution in [1.29, 1.82) is 0 Å². The summed E-state index contributed by atoms with van der Waals surface area (Å²) in [4.78, 5) is 38.2. The summed E-state index contributed by atoms with van der Waals surface area (Å²) in [7, 11) is 2.95. The van der Waals surface area contributed by atoms with Gasteiger partial charge in [0.2, 0.25) is 5.91 Å². The van der Waals surface area contributed by atoms with Gasteiger partial charge in [-0.2, -0.15) is 0 Å². The van der Waals surface area contributed by atoms with Crippen LogP contribution in [0.3, 0.4) is 0 Å². The Morgan fingerprint density at radius 3 is 2.18 bits per heavy atom. The van der Waals surface area contributed by atoms with Gasteiger partial charge in [0.25, 0.3) is 5.91 Å². The van der Waals surface area contributed by atoms with Gasteiger partial charge in [0.1, 0.15) is 0 Å². The maximum atomic E-state index is 12.9. The second-order valence-electron chi connectivity index (χ2n) is 7.71. The smallest absolute Gasteiger partial charge is 0.303 e. The standard InChI is InChI=1S/C20H28N2O6/c1-20(2,12-18(24)25)11-17(23)21-14-10-16(28-4)15(27-3)9-13(14)19(26)22-7-5-6-8-22/h9-10H,5-8,11-12H2,1-4H3,(H,21,23)(H,24,25). The van der Waals surface area contributed by atoms with E-state index in [1.54, 1.807) is 30.9 Å². The predicted octanol–water partition coefficient (Wildman–Crippen LogP) is 2.77. The number of anilines is 1. The zero-order valence-electron chi connectivity index (χ0n) is 16.8. The molecule has 1 aliphatic rings. The second kappa shape index (κ2) is 8.95. The molecule has 1 aromatic rings. The molecule has 0 radical (unpaired) electrons. The highest BCUT2D eigenvalue weighted by atomic mass is 16.5. The van der Waals surface area contributed by atoms with Crippen LogP contribution in [0.2, 0.25) is 0 Å². The number of carboxylic acids is 1. The fourth-order valence-electron chi connectivity index (χ4n) is 3.35. The van der Waals surface area contributed by atoms with E-state index in [1.807, 2.05) is 0 Å². The van der Waals surface area contributed by atoms with Gasteiger partial charge in [-0.1, -0.05) is 13.8 Å². The number of hydrogen-bond donors (Lipinski definition) is 2. The van der Waals surface area contributed by atoms with E-state index in [0.717, 1.165) is 12.8 Å². The molecule has 0 unspecified atom stereocenters. The van der Waals surface area contributed by atoms with E-state index in [0.29, 0.717) is 35.8 Å². The number of likely N-dealkylation sites (tertiary alicyclic amines) is 1. The number of amides is 2. The third-order valence-electron chi connectivity index (χ3n) is 4.69. The minimum atomic E-state index is -0.964. The monoisotopic (exact) mass is 392 g/mol. The fraction of sp³-hybridized carbons (Fsp3) is 0.550.